The molecular formula is C16H11N3O4S. The third-order valence-electron chi connectivity index (χ3n) is 3.39. The molecule has 0 bridgehead atoms. The van der Waals surface area contributed by atoms with Crippen molar-refractivity contribution < 1.29 is 19.5 Å². The van der Waals surface area contributed by atoms with E-state index in [0.29, 0.717) is 11.4 Å². The molecule has 0 saturated carbocycles. The summed E-state index contributed by atoms with van der Waals surface area (Å²) in [6.45, 7) is 0. The summed E-state index contributed by atoms with van der Waals surface area (Å²) in [7, 11) is 0. The van der Waals surface area contributed by atoms with E-state index in [9.17, 15) is 14.4 Å². The number of carboxylic acid groups (broad SMARTS) is 1. The van der Waals surface area contributed by atoms with Gasteiger partial charge in [-0.3, -0.25) is 20.2 Å². The highest BCUT2D eigenvalue weighted by molar-refractivity contribution is 7.80. The highest BCUT2D eigenvalue weighted by atomic mass is 32.1. The molecule has 0 atom stereocenters. The van der Waals surface area contributed by atoms with Crippen LogP contribution in [0.25, 0.3) is 11.8 Å². The number of carboxylic acids is 1. The summed E-state index contributed by atoms with van der Waals surface area (Å²) in [4.78, 5) is 34.9. The molecule has 1 aliphatic heterocycles. The standard InChI is InChI=1S/C16H11N3O4S/c20-13-12(14(21)18-16(24)17-13)8-11-5-2-6-19(11)10-4-1-3-9(7-10)15(22)23/h1-8H,(H,22,23)(H2,17,18,20,21,24). The van der Waals surface area contributed by atoms with Gasteiger partial charge in [0.2, 0.25) is 0 Å². The topological polar surface area (TPSA) is 100 Å². The molecule has 2 aromatic rings. The van der Waals surface area contributed by atoms with Gasteiger partial charge < -0.3 is 9.67 Å². The van der Waals surface area contributed by atoms with E-state index in [4.69, 9.17) is 17.3 Å². The first-order valence-corrected chi connectivity index (χ1v) is 7.26. The molecule has 0 aliphatic carbocycles. The van der Waals surface area contributed by atoms with Crippen molar-refractivity contribution >= 4 is 41.2 Å². The van der Waals surface area contributed by atoms with Gasteiger partial charge in [0, 0.05) is 17.6 Å². The lowest BCUT2D eigenvalue weighted by Crippen LogP contribution is -2.51. The van der Waals surface area contributed by atoms with Crippen molar-refractivity contribution in [3.05, 3.63) is 59.4 Å². The van der Waals surface area contributed by atoms with E-state index in [1.54, 1.807) is 35.0 Å². The van der Waals surface area contributed by atoms with Crippen LogP contribution in [0.1, 0.15) is 16.1 Å². The fourth-order valence-electron chi connectivity index (χ4n) is 2.29. The molecule has 0 unspecified atom stereocenters. The average Bonchev–Trinajstić information content (AvgIpc) is 2.99. The normalized spacial score (nSPS) is 14.2. The van der Waals surface area contributed by atoms with Gasteiger partial charge in [-0.1, -0.05) is 6.07 Å². The number of nitrogens with one attached hydrogen (secondary N) is 2. The van der Waals surface area contributed by atoms with E-state index >= 15 is 0 Å². The van der Waals surface area contributed by atoms with Crippen LogP contribution in [0.2, 0.25) is 0 Å². The maximum absolute atomic E-state index is 11.9. The summed E-state index contributed by atoms with van der Waals surface area (Å²) in [6.07, 6.45) is 3.12. The number of benzene rings is 1. The number of thiocarbonyl (C=S) groups is 1. The van der Waals surface area contributed by atoms with Crippen molar-refractivity contribution in [2.75, 3.05) is 0 Å². The molecule has 1 aromatic carbocycles. The van der Waals surface area contributed by atoms with Gasteiger partial charge in [0.1, 0.15) is 5.57 Å². The lowest BCUT2D eigenvalue weighted by molar-refractivity contribution is -0.123. The van der Waals surface area contributed by atoms with Crippen LogP contribution < -0.4 is 10.6 Å². The zero-order valence-corrected chi connectivity index (χ0v) is 13.0. The molecule has 120 valence electrons. The predicted octanol–water partition coefficient (Wildman–Crippen LogP) is 1.09. The quantitative estimate of drug-likeness (QED) is 0.441. The number of amides is 2. The van der Waals surface area contributed by atoms with Crippen LogP contribution in [0.4, 0.5) is 0 Å². The SMILES string of the molecule is O=C1NC(=S)NC(=O)C1=Cc1cccn1-c1cccc(C(=O)O)c1. The minimum Gasteiger partial charge on any atom is -0.478 e. The molecule has 7 nitrogen and oxygen atoms in total. The number of carbonyl (C=O) groups excluding carboxylic acids is 2. The molecule has 1 fully saturated rings. The second kappa shape index (κ2) is 6.09. The Balaban J connectivity index is 2.02. The van der Waals surface area contributed by atoms with Crippen molar-refractivity contribution in [3.63, 3.8) is 0 Å². The monoisotopic (exact) mass is 341 g/mol. The maximum atomic E-state index is 11.9. The number of nitrogens with zero attached hydrogens (tertiary/aromatic N) is 1. The van der Waals surface area contributed by atoms with E-state index in [0.717, 1.165) is 0 Å². The van der Waals surface area contributed by atoms with Crippen LogP contribution in [0.3, 0.4) is 0 Å². The Labute approximate surface area is 141 Å². The molecular weight excluding hydrogens is 330 g/mol. The lowest BCUT2D eigenvalue weighted by Gasteiger charge is -2.16. The zero-order chi connectivity index (χ0) is 17.3. The molecule has 0 spiro atoms. The predicted molar refractivity (Wildman–Crippen MR) is 89.6 cm³/mol. The molecule has 1 aliphatic rings. The van der Waals surface area contributed by atoms with E-state index < -0.39 is 17.8 Å². The van der Waals surface area contributed by atoms with E-state index in [1.807, 2.05) is 0 Å². The molecule has 8 heteroatoms. The molecule has 0 radical (unpaired) electrons. The number of aromatic nitrogens is 1. The third-order valence-corrected chi connectivity index (χ3v) is 3.59. The van der Waals surface area contributed by atoms with Crippen molar-refractivity contribution in [2.24, 2.45) is 0 Å². The van der Waals surface area contributed by atoms with Crippen LogP contribution in [0.15, 0.2) is 48.2 Å². The molecule has 3 N–H and O–H groups in total. The number of aromatic carboxylic acids is 1. The van der Waals surface area contributed by atoms with Crippen LogP contribution in [0.5, 0.6) is 0 Å². The van der Waals surface area contributed by atoms with Crippen molar-refractivity contribution in [3.8, 4) is 5.69 Å². The highest BCUT2D eigenvalue weighted by Crippen LogP contribution is 2.18. The molecule has 24 heavy (non-hydrogen) atoms. The summed E-state index contributed by atoms with van der Waals surface area (Å²) in [5, 5.41) is 13.8. The smallest absolute Gasteiger partial charge is 0.335 e. The Bertz CT molecular complexity index is 892. The molecule has 1 saturated heterocycles. The largest absolute Gasteiger partial charge is 0.478 e. The van der Waals surface area contributed by atoms with Crippen LogP contribution in [-0.2, 0) is 9.59 Å². The van der Waals surface area contributed by atoms with Gasteiger partial charge in [0.25, 0.3) is 11.8 Å². The summed E-state index contributed by atoms with van der Waals surface area (Å²) >= 11 is 4.75. The zero-order valence-electron chi connectivity index (χ0n) is 12.1. The third kappa shape index (κ3) is 2.95. The molecule has 2 amide bonds. The van der Waals surface area contributed by atoms with E-state index in [-0.39, 0.29) is 16.2 Å². The summed E-state index contributed by atoms with van der Waals surface area (Å²) in [5.41, 5.74) is 1.20. The minimum absolute atomic E-state index is 0.0355. The Kier molecular flexibility index (Phi) is 3.97. The Hall–Kier alpha value is -3.26. The van der Waals surface area contributed by atoms with Gasteiger partial charge in [-0.25, -0.2) is 4.79 Å². The number of rotatable bonds is 3. The first kappa shape index (κ1) is 15.6. The highest BCUT2D eigenvalue weighted by Gasteiger charge is 2.26. The van der Waals surface area contributed by atoms with Gasteiger partial charge in [-0.2, -0.15) is 0 Å². The summed E-state index contributed by atoms with van der Waals surface area (Å²) in [5.74, 6) is -2.21. The second-order valence-corrected chi connectivity index (χ2v) is 5.36. The Morgan fingerprint density at radius 1 is 1.12 bits per heavy atom. The lowest BCUT2D eigenvalue weighted by atomic mass is 10.1. The van der Waals surface area contributed by atoms with Crippen molar-refractivity contribution in [1.29, 1.82) is 0 Å². The van der Waals surface area contributed by atoms with Crippen LogP contribution >= 0.6 is 12.2 Å². The Morgan fingerprint density at radius 3 is 2.50 bits per heavy atom. The Morgan fingerprint density at radius 2 is 1.83 bits per heavy atom. The van der Waals surface area contributed by atoms with Gasteiger partial charge in [0.05, 0.1) is 5.56 Å². The molecule has 1 aromatic heterocycles. The first-order chi connectivity index (χ1) is 11.5. The number of hydrogen-bond acceptors (Lipinski definition) is 4. The molecule has 3 rings (SSSR count). The van der Waals surface area contributed by atoms with Crippen molar-refractivity contribution in [1.82, 2.24) is 15.2 Å². The van der Waals surface area contributed by atoms with Crippen LogP contribution in [0, 0.1) is 0 Å². The molecule has 2 heterocycles. The fourth-order valence-corrected chi connectivity index (χ4v) is 2.48. The fraction of sp³-hybridized carbons (Fsp3) is 0. The average molecular weight is 341 g/mol. The van der Waals surface area contributed by atoms with Crippen LogP contribution in [-0.4, -0.2) is 32.6 Å². The van der Waals surface area contributed by atoms with E-state index in [2.05, 4.69) is 10.6 Å². The maximum Gasteiger partial charge on any atom is 0.335 e. The van der Waals surface area contributed by atoms with Gasteiger partial charge >= 0.3 is 5.97 Å². The van der Waals surface area contributed by atoms with E-state index in [1.165, 1.54) is 18.2 Å². The van der Waals surface area contributed by atoms with Gasteiger partial charge in [-0.05, 0) is 48.6 Å². The first-order valence-electron chi connectivity index (χ1n) is 6.85. The number of carbonyl (C=O) groups is 3. The minimum atomic E-state index is -1.04. The summed E-state index contributed by atoms with van der Waals surface area (Å²) in [6, 6.07) is 9.76. The van der Waals surface area contributed by atoms with Gasteiger partial charge in [-0.15, -0.1) is 0 Å². The summed E-state index contributed by atoms with van der Waals surface area (Å²) < 4.78 is 1.67. The van der Waals surface area contributed by atoms with Crippen molar-refractivity contribution in [2.45, 2.75) is 0 Å². The van der Waals surface area contributed by atoms with Gasteiger partial charge in [0.15, 0.2) is 5.11 Å². The number of hydrogen-bond donors (Lipinski definition) is 3. The second-order valence-electron chi connectivity index (χ2n) is 4.95.